The van der Waals surface area contributed by atoms with E-state index in [1.54, 1.807) is 0 Å². The summed E-state index contributed by atoms with van der Waals surface area (Å²) in [5, 5.41) is 34.2. The molecule has 0 N–H and O–H groups in total. The number of para-hydroxylation sites is 6. The monoisotopic (exact) mass is 845 g/mol. The molecule has 0 atom stereocenters. The summed E-state index contributed by atoms with van der Waals surface area (Å²) in [4.78, 5) is 0. The van der Waals surface area contributed by atoms with Crippen molar-refractivity contribution in [3.05, 3.63) is 193 Å². The SMILES string of the molecule is CC(C)(c1c(C#N)c(-n2c3ccccc3c3c4c(ccc32)oc2ccccc24)cc(-n2c3ccccc3c3c4c(ccc32)oc2ccccc24)c1C#N)n1c2ccccc2c2ccccc21. The predicted molar refractivity (Wildman–Crippen MR) is 267 cm³/mol. The molecule has 0 aliphatic rings. The van der Waals surface area contributed by atoms with Crippen LogP contribution < -0.4 is 0 Å². The van der Waals surface area contributed by atoms with E-state index in [0.717, 1.165) is 109 Å². The molecule has 0 saturated heterocycles. The van der Waals surface area contributed by atoms with Gasteiger partial charge in [0.1, 0.15) is 34.5 Å². The number of rotatable bonds is 4. The topological polar surface area (TPSA) is 88.7 Å². The zero-order valence-corrected chi connectivity index (χ0v) is 35.8. The average molecular weight is 846 g/mol. The van der Waals surface area contributed by atoms with Gasteiger partial charge in [0.05, 0.1) is 50.1 Å². The van der Waals surface area contributed by atoms with Gasteiger partial charge in [0, 0.05) is 70.5 Å². The molecular formula is C59H35N5O2. The number of furan rings is 2. The molecule has 0 aliphatic carbocycles. The Hall–Kier alpha value is -9.04. The highest BCUT2D eigenvalue weighted by Crippen LogP contribution is 2.48. The van der Waals surface area contributed by atoms with Crippen LogP contribution in [-0.2, 0) is 5.54 Å². The Balaban J connectivity index is 1.20. The van der Waals surface area contributed by atoms with E-state index in [-0.39, 0.29) is 0 Å². The highest BCUT2D eigenvalue weighted by molar-refractivity contribution is 6.29. The lowest BCUT2D eigenvalue weighted by molar-refractivity contribution is 0.462. The van der Waals surface area contributed by atoms with Gasteiger partial charge in [-0.3, -0.25) is 0 Å². The molecule has 5 heterocycles. The number of nitriles is 2. The van der Waals surface area contributed by atoms with Crippen LogP contribution in [0.5, 0.6) is 0 Å². The van der Waals surface area contributed by atoms with E-state index in [9.17, 15) is 10.5 Å². The van der Waals surface area contributed by atoms with Crippen LogP contribution in [0.3, 0.4) is 0 Å². The second-order valence-corrected chi connectivity index (χ2v) is 17.8. The van der Waals surface area contributed by atoms with Gasteiger partial charge in [-0.05, 0) is 80.6 Å². The number of benzene rings is 9. The van der Waals surface area contributed by atoms with Crippen molar-refractivity contribution in [3.63, 3.8) is 0 Å². The summed E-state index contributed by atoms with van der Waals surface area (Å²) in [5.74, 6) is 0. The first-order valence-corrected chi connectivity index (χ1v) is 22.1. The van der Waals surface area contributed by atoms with E-state index in [1.807, 2.05) is 48.5 Å². The Kier molecular flexibility index (Phi) is 7.19. The van der Waals surface area contributed by atoms with Gasteiger partial charge >= 0.3 is 0 Å². The molecule has 0 radical (unpaired) electrons. The largest absolute Gasteiger partial charge is 0.456 e. The van der Waals surface area contributed by atoms with Crippen molar-refractivity contribution in [2.45, 2.75) is 19.4 Å². The van der Waals surface area contributed by atoms with Crippen molar-refractivity contribution in [1.82, 2.24) is 13.7 Å². The molecule has 0 amide bonds. The van der Waals surface area contributed by atoms with Crippen LogP contribution in [0.15, 0.2) is 185 Å². The number of hydrogen-bond acceptors (Lipinski definition) is 4. The van der Waals surface area contributed by atoms with E-state index >= 15 is 0 Å². The lowest BCUT2D eigenvalue weighted by Gasteiger charge is -2.33. The number of hydrogen-bond donors (Lipinski definition) is 0. The summed E-state index contributed by atoms with van der Waals surface area (Å²) in [6.07, 6.45) is 0. The van der Waals surface area contributed by atoms with Crippen molar-refractivity contribution in [1.29, 1.82) is 10.5 Å². The molecular weight excluding hydrogens is 811 g/mol. The molecule has 0 saturated carbocycles. The van der Waals surface area contributed by atoms with Crippen LogP contribution in [0.1, 0.15) is 30.5 Å². The van der Waals surface area contributed by atoms with E-state index < -0.39 is 5.54 Å². The maximum Gasteiger partial charge on any atom is 0.136 e. The molecule has 0 unspecified atom stereocenters. The molecule has 9 aromatic carbocycles. The normalized spacial score (nSPS) is 12.4. The van der Waals surface area contributed by atoms with E-state index in [4.69, 9.17) is 8.83 Å². The van der Waals surface area contributed by atoms with E-state index in [1.165, 1.54) is 0 Å². The van der Waals surface area contributed by atoms with Crippen LogP contribution in [0.2, 0.25) is 0 Å². The maximum atomic E-state index is 11.9. The standard InChI is InChI=1S/C59H35N5O2/c1-59(2,64-44-23-11-3-15-34(44)35-16-4-12-24-45(35)64)58-40(32-60)48(62-42-21-9-5-17-36(42)54-46(62)27-29-52-56(54)38-19-7-13-25-50(38)65-52)31-49(41(58)33-61)63-43-22-10-6-18-37(43)55-47(63)28-30-53-57(55)39-20-8-14-26-51(39)66-53/h3-31H,1-2H3. The smallest absolute Gasteiger partial charge is 0.136 e. The number of fused-ring (bicyclic) bond motifs is 17. The summed E-state index contributed by atoms with van der Waals surface area (Å²) < 4.78 is 19.7. The molecule has 66 heavy (non-hydrogen) atoms. The fourth-order valence-electron chi connectivity index (χ4n) is 11.6. The van der Waals surface area contributed by atoms with Gasteiger partial charge in [0.2, 0.25) is 0 Å². The third-order valence-electron chi connectivity index (χ3n) is 14.1. The number of aromatic nitrogens is 3. The second-order valence-electron chi connectivity index (χ2n) is 17.8. The van der Waals surface area contributed by atoms with Crippen LogP contribution in [-0.4, -0.2) is 13.7 Å². The minimum Gasteiger partial charge on any atom is -0.456 e. The van der Waals surface area contributed by atoms with E-state index in [0.29, 0.717) is 28.1 Å². The lowest BCUT2D eigenvalue weighted by atomic mass is 9.83. The summed E-state index contributed by atoms with van der Waals surface area (Å²) in [6.45, 7) is 4.30. The molecule has 0 fully saturated rings. The number of nitrogens with zero attached hydrogens (tertiary/aromatic N) is 5. The van der Waals surface area contributed by atoms with Crippen molar-refractivity contribution >= 4 is 109 Å². The first-order chi connectivity index (χ1) is 32.5. The minimum atomic E-state index is -0.955. The summed E-state index contributed by atoms with van der Waals surface area (Å²) in [7, 11) is 0. The van der Waals surface area contributed by atoms with Crippen LogP contribution >= 0.6 is 0 Å². The van der Waals surface area contributed by atoms with Crippen molar-refractivity contribution in [2.24, 2.45) is 0 Å². The van der Waals surface area contributed by atoms with Gasteiger partial charge in [0.25, 0.3) is 0 Å². The Bertz CT molecular complexity index is 4260. The van der Waals surface area contributed by atoms with Crippen molar-refractivity contribution < 1.29 is 8.83 Å². The summed E-state index contributed by atoms with van der Waals surface area (Å²) in [6, 6.07) is 65.8. The molecule has 0 spiro atoms. The minimum absolute atomic E-state index is 0.422. The Labute approximate surface area is 376 Å². The highest BCUT2D eigenvalue weighted by atomic mass is 16.3. The third kappa shape index (κ3) is 4.58. The Morgan fingerprint density at radius 2 is 0.758 bits per heavy atom. The van der Waals surface area contributed by atoms with Crippen LogP contribution in [0.4, 0.5) is 0 Å². The second kappa shape index (κ2) is 13.0. The molecule has 308 valence electrons. The first-order valence-electron chi connectivity index (χ1n) is 22.1. The van der Waals surface area contributed by atoms with Gasteiger partial charge in [0.15, 0.2) is 0 Å². The predicted octanol–water partition coefficient (Wildman–Crippen LogP) is 15.3. The van der Waals surface area contributed by atoms with Crippen molar-refractivity contribution in [3.8, 4) is 23.5 Å². The van der Waals surface area contributed by atoms with Gasteiger partial charge in [-0.1, -0.05) is 109 Å². The van der Waals surface area contributed by atoms with Crippen LogP contribution in [0.25, 0.3) is 121 Å². The molecule has 14 aromatic rings. The zero-order chi connectivity index (χ0) is 44.0. The Morgan fingerprint density at radius 1 is 0.379 bits per heavy atom. The fraction of sp³-hybridized carbons (Fsp3) is 0.0508. The Morgan fingerprint density at radius 3 is 1.20 bits per heavy atom. The molecule has 5 aromatic heterocycles. The maximum absolute atomic E-state index is 11.9. The van der Waals surface area contributed by atoms with Gasteiger partial charge in [-0.25, -0.2) is 0 Å². The third-order valence-corrected chi connectivity index (χ3v) is 14.1. The van der Waals surface area contributed by atoms with E-state index in [2.05, 4.69) is 167 Å². The lowest BCUT2D eigenvalue weighted by Crippen LogP contribution is -2.31. The quantitative estimate of drug-likeness (QED) is 0.176. The molecule has 7 nitrogen and oxygen atoms in total. The fourth-order valence-corrected chi connectivity index (χ4v) is 11.6. The summed E-state index contributed by atoms with van der Waals surface area (Å²) in [5.41, 5.74) is 10.9. The van der Waals surface area contributed by atoms with Gasteiger partial charge in [-0.15, -0.1) is 0 Å². The summed E-state index contributed by atoms with van der Waals surface area (Å²) >= 11 is 0. The first kappa shape index (κ1) is 36.4. The molecule has 7 heteroatoms. The van der Waals surface area contributed by atoms with Gasteiger partial charge in [-0.2, -0.15) is 10.5 Å². The molecule has 14 rings (SSSR count). The zero-order valence-electron chi connectivity index (χ0n) is 35.8. The highest BCUT2D eigenvalue weighted by Gasteiger charge is 2.37. The van der Waals surface area contributed by atoms with Crippen LogP contribution in [0, 0.1) is 22.7 Å². The van der Waals surface area contributed by atoms with Gasteiger partial charge < -0.3 is 22.5 Å². The molecule has 0 aliphatic heterocycles. The molecule has 0 bridgehead atoms. The average Bonchev–Trinajstić information content (AvgIpc) is 4.16. The van der Waals surface area contributed by atoms with Crippen molar-refractivity contribution in [2.75, 3.05) is 0 Å².